The number of carbonyl (C=O) groups is 1. The smallest absolute Gasteiger partial charge is 0.406 e. The number of benzene rings is 1. The van der Waals surface area contributed by atoms with E-state index >= 15 is 0 Å². The predicted octanol–water partition coefficient (Wildman–Crippen LogP) is 3.89. The highest BCUT2D eigenvalue weighted by molar-refractivity contribution is 5.81. The Kier molecular flexibility index (Phi) is 3.56. The van der Waals surface area contributed by atoms with Crippen LogP contribution in [0, 0.1) is 5.41 Å². The molecular weight excluding hydrogens is 257 g/mol. The molecule has 0 saturated heterocycles. The monoisotopic (exact) mass is 272 g/mol. The molecule has 0 aliphatic heterocycles. The quantitative estimate of drug-likeness (QED) is 0.834. The van der Waals surface area contributed by atoms with Crippen molar-refractivity contribution < 1.29 is 22.7 Å². The number of rotatable bonds is 3. The van der Waals surface area contributed by atoms with Crippen LogP contribution in [-0.2, 0) is 11.2 Å². The van der Waals surface area contributed by atoms with Crippen LogP contribution in [0.1, 0.15) is 31.7 Å². The van der Waals surface area contributed by atoms with Gasteiger partial charge in [-0.25, -0.2) is 0 Å². The molecule has 104 valence electrons. The van der Waals surface area contributed by atoms with Gasteiger partial charge in [-0.3, -0.25) is 4.79 Å². The molecule has 0 radical (unpaired) electrons. The molecule has 1 aliphatic carbocycles. The second kappa shape index (κ2) is 4.87. The van der Waals surface area contributed by atoms with E-state index in [4.69, 9.17) is 0 Å². The third-order valence-corrected chi connectivity index (χ3v) is 3.42. The van der Waals surface area contributed by atoms with Gasteiger partial charge in [0, 0.05) is 12.8 Å². The van der Waals surface area contributed by atoms with Crippen LogP contribution in [0.2, 0.25) is 0 Å². The van der Waals surface area contributed by atoms with Crippen LogP contribution in [0.4, 0.5) is 13.2 Å². The maximum absolute atomic E-state index is 12.0. The van der Waals surface area contributed by atoms with Crippen LogP contribution < -0.4 is 4.74 Å². The molecule has 2 rings (SSSR count). The van der Waals surface area contributed by atoms with Gasteiger partial charge in [-0.05, 0) is 36.0 Å². The number of halogens is 3. The Morgan fingerprint density at radius 3 is 2.37 bits per heavy atom. The Hall–Kier alpha value is -1.52. The van der Waals surface area contributed by atoms with Crippen LogP contribution >= 0.6 is 0 Å². The van der Waals surface area contributed by atoms with Gasteiger partial charge in [0.25, 0.3) is 0 Å². The van der Waals surface area contributed by atoms with Gasteiger partial charge in [0.05, 0.1) is 0 Å². The van der Waals surface area contributed by atoms with E-state index in [9.17, 15) is 18.0 Å². The fraction of sp³-hybridized carbons (Fsp3) is 0.500. The van der Waals surface area contributed by atoms with Gasteiger partial charge >= 0.3 is 6.36 Å². The summed E-state index contributed by atoms with van der Waals surface area (Å²) < 4.78 is 39.9. The van der Waals surface area contributed by atoms with Gasteiger partial charge in [-0.15, -0.1) is 13.2 Å². The zero-order valence-electron chi connectivity index (χ0n) is 10.6. The van der Waals surface area contributed by atoms with Crippen molar-refractivity contribution in [3.05, 3.63) is 29.8 Å². The molecule has 0 N–H and O–H groups in total. The maximum Gasteiger partial charge on any atom is 0.573 e. The Labute approximate surface area is 109 Å². The van der Waals surface area contributed by atoms with Gasteiger partial charge < -0.3 is 4.74 Å². The van der Waals surface area contributed by atoms with Gasteiger partial charge in [-0.2, -0.15) is 0 Å². The van der Waals surface area contributed by atoms with Crippen molar-refractivity contribution in [2.24, 2.45) is 5.41 Å². The largest absolute Gasteiger partial charge is 0.573 e. The third-order valence-electron chi connectivity index (χ3n) is 3.42. The molecule has 0 amide bonds. The average molecular weight is 272 g/mol. The molecule has 0 aromatic heterocycles. The van der Waals surface area contributed by atoms with Crippen LogP contribution in [0.25, 0.3) is 0 Å². The van der Waals surface area contributed by atoms with Gasteiger partial charge in [0.15, 0.2) is 0 Å². The van der Waals surface area contributed by atoms with E-state index in [0.717, 1.165) is 12.0 Å². The molecule has 1 fully saturated rings. The fourth-order valence-electron chi connectivity index (χ4n) is 2.55. The van der Waals surface area contributed by atoms with Crippen LogP contribution in [0.15, 0.2) is 24.3 Å². The summed E-state index contributed by atoms with van der Waals surface area (Å²) in [6, 6.07) is 5.86. The second-order valence-electron chi connectivity index (χ2n) is 5.39. The molecule has 1 aliphatic rings. The average Bonchev–Trinajstić information content (AvgIpc) is 2.59. The van der Waals surface area contributed by atoms with E-state index in [1.807, 2.05) is 6.92 Å². The van der Waals surface area contributed by atoms with Crippen molar-refractivity contribution in [2.45, 2.75) is 39.0 Å². The zero-order chi connectivity index (χ0) is 14.1. The lowest BCUT2D eigenvalue weighted by molar-refractivity contribution is -0.274. The Balaban J connectivity index is 2.01. The van der Waals surface area contributed by atoms with Crippen LogP contribution in [0.5, 0.6) is 5.75 Å². The molecule has 1 aromatic carbocycles. The van der Waals surface area contributed by atoms with Crippen molar-refractivity contribution in [1.82, 2.24) is 0 Å². The molecule has 0 bridgehead atoms. The number of hydrogen-bond acceptors (Lipinski definition) is 2. The minimum Gasteiger partial charge on any atom is -0.406 e. The van der Waals surface area contributed by atoms with Gasteiger partial charge in [-0.1, -0.05) is 19.1 Å². The number of ketones is 1. The highest BCUT2D eigenvalue weighted by Gasteiger charge is 2.34. The second-order valence-corrected chi connectivity index (χ2v) is 5.39. The molecule has 19 heavy (non-hydrogen) atoms. The minimum atomic E-state index is -4.66. The molecular formula is C14H15F3O2. The van der Waals surface area contributed by atoms with Crippen molar-refractivity contribution in [1.29, 1.82) is 0 Å². The molecule has 1 aromatic rings. The lowest BCUT2D eigenvalue weighted by Crippen LogP contribution is -2.17. The number of ether oxygens (including phenoxy) is 1. The van der Waals surface area contributed by atoms with Crippen molar-refractivity contribution in [3.63, 3.8) is 0 Å². The topological polar surface area (TPSA) is 26.3 Å². The summed E-state index contributed by atoms with van der Waals surface area (Å²) in [5.41, 5.74) is 0.857. The van der Waals surface area contributed by atoms with E-state index in [2.05, 4.69) is 4.74 Å². The first-order valence-corrected chi connectivity index (χ1v) is 6.12. The van der Waals surface area contributed by atoms with Gasteiger partial charge in [0.2, 0.25) is 0 Å². The number of Topliss-reactive ketones (excluding diaryl/α,β-unsaturated/α-hetero) is 1. The lowest BCUT2D eigenvalue weighted by Gasteiger charge is -2.22. The van der Waals surface area contributed by atoms with E-state index in [-0.39, 0.29) is 16.9 Å². The number of hydrogen-bond donors (Lipinski definition) is 0. The molecule has 1 atom stereocenters. The Morgan fingerprint density at radius 2 is 1.89 bits per heavy atom. The molecule has 2 nitrogen and oxygen atoms in total. The highest BCUT2D eigenvalue weighted by atomic mass is 19.4. The first kappa shape index (κ1) is 13.9. The van der Waals surface area contributed by atoms with E-state index in [1.54, 1.807) is 12.1 Å². The van der Waals surface area contributed by atoms with Crippen molar-refractivity contribution in [3.8, 4) is 5.75 Å². The molecule has 1 unspecified atom stereocenters. The molecule has 5 heteroatoms. The Morgan fingerprint density at radius 1 is 1.26 bits per heavy atom. The maximum atomic E-state index is 12.0. The van der Waals surface area contributed by atoms with Crippen molar-refractivity contribution >= 4 is 5.78 Å². The standard InChI is InChI=1S/C14H15F3O2/c1-13(7-6-11(18)9-13)8-10-2-4-12(5-3-10)19-14(15,16)17/h2-5H,6-9H2,1H3. The van der Waals surface area contributed by atoms with Crippen LogP contribution in [-0.4, -0.2) is 12.1 Å². The fourth-order valence-corrected chi connectivity index (χ4v) is 2.55. The number of carbonyl (C=O) groups excluding carboxylic acids is 1. The van der Waals surface area contributed by atoms with E-state index in [1.165, 1.54) is 12.1 Å². The number of alkyl halides is 3. The van der Waals surface area contributed by atoms with Gasteiger partial charge in [0.1, 0.15) is 11.5 Å². The Bertz CT molecular complexity index is 465. The first-order chi connectivity index (χ1) is 8.76. The third kappa shape index (κ3) is 3.98. The van der Waals surface area contributed by atoms with E-state index in [0.29, 0.717) is 19.3 Å². The molecule has 1 saturated carbocycles. The first-order valence-electron chi connectivity index (χ1n) is 6.12. The molecule has 0 heterocycles. The summed E-state index contributed by atoms with van der Waals surface area (Å²) in [5, 5.41) is 0. The summed E-state index contributed by atoms with van der Waals surface area (Å²) in [7, 11) is 0. The van der Waals surface area contributed by atoms with Crippen molar-refractivity contribution in [2.75, 3.05) is 0 Å². The van der Waals surface area contributed by atoms with E-state index < -0.39 is 6.36 Å². The summed E-state index contributed by atoms with van der Waals surface area (Å²) in [5.74, 6) is 0.0448. The molecule has 0 spiro atoms. The summed E-state index contributed by atoms with van der Waals surface area (Å²) in [6.07, 6.45) is -1.97. The lowest BCUT2D eigenvalue weighted by atomic mass is 9.82. The SMILES string of the molecule is CC1(Cc2ccc(OC(F)(F)F)cc2)CCC(=O)C1. The van der Waals surface area contributed by atoms with Crippen LogP contribution in [0.3, 0.4) is 0 Å². The summed E-state index contributed by atoms with van der Waals surface area (Å²) in [6.45, 7) is 2.04. The minimum absolute atomic E-state index is 0.0660. The highest BCUT2D eigenvalue weighted by Crippen LogP contribution is 2.38. The summed E-state index contributed by atoms with van der Waals surface area (Å²) >= 11 is 0. The zero-order valence-corrected chi connectivity index (χ0v) is 10.6. The summed E-state index contributed by atoms with van der Waals surface area (Å²) in [4.78, 5) is 11.3. The normalized spacial score (nSPS) is 23.7. The predicted molar refractivity (Wildman–Crippen MR) is 63.8 cm³/mol.